The van der Waals surface area contributed by atoms with Gasteiger partial charge in [-0.1, -0.05) is 31.2 Å². The Morgan fingerprint density at radius 2 is 1.65 bits per heavy atom. The van der Waals surface area contributed by atoms with Crippen LogP contribution in [0, 0.1) is 12.8 Å². The molecule has 4 rings (SSSR count). The second-order valence-electron chi connectivity index (χ2n) is 9.57. The summed E-state index contributed by atoms with van der Waals surface area (Å²) >= 11 is 0. The normalized spacial score (nSPS) is 19.9. The highest BCUT2D eigenvalue weighted by Gasteiger charge is 2.28. The van der Waals surface area contributed by atoms with E-state index in [1.807, 2.05) is 12.4 Å². The summed E-state index contributed by atoms with van der Waals surface area (Å²) in [6, 6.07) is 9.15. The molecule has 168 valence electrons. The van der Waals surface area contributed by atoms with Crippen molar-refractivity contribution < 1.29 is 0 Å². The summed E-state index contributed by atoms with van der Waals surface area (Å²) in [6.07, 6.45) is 9.40. The largest absolute Gasteiger partial charge is 0.306 e. The van der Waals surface area contributed by atoms with Crippen LogP contribution in [0.3, 0.4) is 0 Å². The van der Waals surface area contributed by atoms with Gasteiger partial charge in [-0.25, -0.2) is 9.97 Å². The van der Waals surface area contributed by atoms with Gasteiger partial charge in [0.05, 0.1) is 0 Å². The van der Waals surface area contributed by atoms with Crippen LogP contribution in [-0.2, 0) is 6.54 Å². The van der Waals surface area contributed by atoms with Gasteiger partial charge in [-0.05, 0) is 83.9 Å². The zero-order chi connectivity index (χ0) is 21.6. The number of aryl methyl sites for hydroxylation is 1. The van der Waals surface area contributed by atoms with E-state index >= 15 is 0 Å². The predicted octanol–water partition coefficient (Wildman–Crippen LogP) is 4.08. The molecule has 0 atom stereocenters. The van der Waals surface area contributed by atoms with Gasteiger partial charge in [0.25, 0.3) is 0 Å². The first kappa shape index (κ1) is 22.4. The number of likely N-dealkylation sites (tertiary alicyclic amines) is 2. The molecule has 3 heterocycles. The van der Waals surface area contributed by atoms with Gasteiger partial charge >= 0.3 is 0 Å². The molecule has 0 spiro atoms. The summed E-state index contributed by atoms with van der Waals surface area (Å²) in [5.74, 6) is 1.64. The summed E-state index contributed by atoms with van der Waals surface area (Å²) in [5.41, 5.74) is 3.55. The Balaban J connectivity index is 1.27. The van der Waals surface area contributed by atoms with Crippen LogP contribution in [0.15, 0.2) is 36.7 Å². The summed E-state index contributed by atoms with van der Waals surface area (Å²) in [4.78, 5) is 17.1. The third kappa shape index (κ3) is 5.91. The molecular weight excluding hydrogens is 382 g/mol. The second-order valence-corrected chi connectivity index (χ2v) is 9.57. The number of benzene rings is 1. The molecule has 0 saturated carbocycles. The summed E-state index contributed by atoms with van der Waals surface area (Å²) in [6.45, 7) is 12.7. The lowest BCUT2D eigenvalue weighted by atomic mass is 9.93. The fourth-order valence-corrected chi connectivity index (χ4v) is 5.19. The van der Waals surface area contributed by atoms with Gasteiger partial charge in [-0.15, -0.1) is 0 Å². The quantitative estimate of drug-likeness (QED) is 0.673. The lowest BCUT2D eigenvalue weighted by molar-refractivity contribution is 0.0746. The minimum Gasteiger partial charge on any atom is -0.306 e. The Labute approximate surface area is 188 Å². The molecule has 0 radical (unpaired) electrons. The lowest BCUT2D eigenvalue weighted by Gasteiger charge is -2.41. The number of piperidine rings is 2. The molecule has 0 amide bonds. The van der Waals surface area contributed by atoms with Crippen molar-refractivity contribution in [2.45, 2.75) is 52.1 Å². The smallest absolute Gasteiger partial charge is 0.159 e. The minimum atomic E-state index is 0.814. The fraction of sp³-hybridized carbons (Fsp3) is 0.615. The van der Waals surface area contributed by atoms with Crippen molar-refractivity contribution in [1.82, 2.24) is 24.7 Å². The van der Waals surface area contributed by atoms with Gasteiger partial charge in [0, 0.05) is 42.7 Å². The molecule has 0 unspecified atom stereocenters. The maximum absolute atomic E-state index is 4.66. The van der Waals surface area contributed by atoms with E-state index in [0.29, 0.717) is 0 Å². The Kier molecular flexibility index (Phi) is 7.70. The molecule has 2 aliphatic rings. The molecule has 1 aromatic carbocycles. The van der Waals surface area contributed by atoms with E-state index in [0.717, 1.165) is 36.4 Å². The number of hydrogen-bond acceptors (Lipinski definition) is 5. The fourth-order valence-electron chi connectivity index (χ4n) is 5.19. The van der Waals surface area contributed by atoms with Gasteiger partial charge in [-0.3, -0.25) is 4.90 Å². The second kappa shape index (κ2) is 10.7. The van der Waals surface area contributed by atoms with Crippen LogP contribution in [0.4, 0.5) is 0 Å². The standard InChI is InChI=1S/C26H39N5/c1-4-30(19-22-9-15-31(16-10-22)24-11-13-29(3)14-12-24)20-23-17-27-26(28-18-23)25-8-6-5-7-21(25)2/h5-8,17-18,22,24H,4,9-16,19-20H2,1-3H3. The van der Waals surface area contributed by atoms with Crippen LogP contribution >= 0.6 is 0 Å². The molecular formula is C26H39N5. The predicted molar refractivity (Wildman–Crippen MR) is 128 cm³/mol. The minimum absolute atomic E-state index is 0.814. The third-order valence-electron chi connectivity index (χ3n) is 7.31. The highest BCUT2D eigenvalue weighted by molar-refractivity contribution is 5.59. The third-order valence-corrected chi connectivity index (χ3v) is 7.31. The number of aromatic nitrogens is 2. The van der Waals surface area contributed by atoms with Crippen molar-refractivity contribution in [3.63, 3.8) is 0 Å². The summed E-state index contributed by atoms with van der Waals surface area (Å²) < 4.78 is 0. The summed E-state index contributed by atoms with van der Waals surface area (Å²) in [7, 11) is 2.25. The van der Waals surface area contributed by atoms with Gasteiger partial charge in [0.15, 0.2) is 5.82 Å². The number of hydrogen-bond donors (Lipinski definition) is 0. The van der Waals surface area contributed by atoms with Crippen LogP contribution < -0.4 is 0 Å². The van der Waals surface area contributed by atoms with E-state index in [4.69, 9.17) is 0 Å². The summed E-state index contributed by atoms with van der Waals surface area (Å²) in [5, 5.41) is 0. The first-order valence-corrected chi connectivity index (χ1v) is 12.1. The lowest BCUT2D eigenvalue weighted by Crippen LogP contribution is -2.47. The highest BCUT2D eigenvalue weighted by atomic mass is 15.2. The van der Waals surface area contributed by atoms with Gasteiger partial charge in [-0.2, -0.15) is 0 Å². The van der Waals surface area contributed by atoms with Crippen LogP contribution in [0.25, 0.3) is 11.4 Å². The topological polar surface area (TPSA) is 35.5 Å². The van der Waals surface area contributed by atoms with Gasteiger partial charge in [0.1, 0.15) is 0 Å². The van der Waals surface area contributed by atoms with E-state index in [9.17, 15) is 0 Å². The van der Waals surface area contributed by atoms with Crippen molar-refractivity contribution in [2.24, 2.45) is 5.92 Å². The molecule has 0 aliphatic carbocycles. The van der Waals surface area contributed by atoms with Crippen molar-refractivity contribution in [3.8, 4) is 11.4 Å². The molecule has 1 aromatic heterocycles. The Bertz CT molecular complexity index is 805. The van der Waals surface area contributed by atoms with E-state index < -0.39 is 0 Å². The Morgan fingerprint density at radius 3 is 2.29 bits per heavy atom. The molecule has 2 saturated heterocycles. The first-order chi connectivity index (χ1) is 15.1. The van der Waals surface area contributed by atoms with Crippen LogP contribution in [0.1, 0.15) is 43.7 Å². The number of rotatable bonds is 7. The van der Waals surface area contributed by atoms with E-state index in [1.54, 1.807) is 0 Å². The van der Waals surface area contributed by atoms with E-state index in [2.05, 4.69) is 69.8 Å². The highest BCUT2D eigenvalue weighted by Crippen LogP contribution is 2.25. The molecule has 0 N–H and O–H groups in total. The molecule has 0 bridgehead atoms. The zero-order valence-electron chi connectivity index (χ0n) is 19.6. The maximum atomic E-state index is 4.66. The number of nitrogens with zero attached hydrogens (tertiary/aromatic N) is 5. The average molecular weight is 422 g/mol. The Hall–Kier alpha value is -1.82. The zero-order valence-corrected chi connectivity index (χ0v) is 19.6. The van der Waals surface area contributed by atoms with E-state index in [-0.39, 0.29) is 0 Å². The maximum Gasteiger partial charge on any atom is 0.159 e. The first-order valence-electron chi connectivity index (χ1n) is 12.1. The molecule has 2 aromatic rings. The van der Waals surface area contributed by atoms with Crippen molar-refractivity contribution in [1.29, 1.82) is 0 Å². The molecule has 31 heavy (non-hydrogen) atoms. The van der Waals surface area contributed by atoms with Gasteiger partial charge in [0.2, 0.25) is 0 Å². The average Bonchev–Trinajstić information content (AvgIpc) is 2.81. The monoisotopic (exact) mass is 421 g/mol. The van der Waals surface area contributed by atoms with Crippen molar-refractivity contribution in [2.75, 3.05) is 46.3 Å². The van der Waals surface area contributed by atoms with Crippen LogP contribution in [0.2, 0.25) is 0 Å². The van der Waals surface area contributed by atoms with Gasteiger partial charge < -0.3 is 9.80 Å². The van der Waals surface area contributed by atoms with Crippen molar-refractivity contribution >= 4 is 0 Å². The van der Waals surface area contributed by atoms with Crippen molar-refractivity contribution in [3.05, 3.63) is 47.8 Å². The van der Waals surface area contributed by atoms with Crippen LogP contribution in [0.5, 0.6) is 0 Å². The van der Waals surface area contributed by atoms with E-state index in [1.165, 1.54) is 69.5 Å². The van der Waals surface area contributed by atoms with Crippen LogP contribution in [-0.4, -0.2) is 77.0 Å². The molecule has 2 aliphatic heterocycles. The Morgan fingerprint density at radius 1 is 0.968 bits per heavy atom. The molecule has 2 fully saturated rings. The SMILES string of the molecule is CCN(Cc1cnc(-c2ccccc2C)nc1)CC1CCN(C2CCN(C)CC2)CC1. The molecule has 5 nitrogen and oxygen atoms in total. The molecule has 5 heteroatoms.